The molecule has 6 nitrogen and oxygen atoms in total. The number of benzene rings is 2. The summed E-state index contributed by atoms with van der Waals surface area (Å²) in [6.45, 7) is -0.556. The SMILES string of the molecule is O=C(O)COc1c(C(=O)O)sc(-c2cccc(NCc3cccc(C(F)(F)F)c3)c2)c1Br. The highest BCUT2D eigenvalue weighted by atomic mass is 79.9. The predicted molar refractivity (Wildman–Crippen MR) is 116 cm³/mol. The van der Waals surface area contributed by atoms with Gasteiger partial charge in [-0.05, 0) is 51.3 Å². The van der Waals surface area contributed by atoms with Gasteiger partial charge >= 0.3 is 18.1 Å². The van der Waals surface area contributed by atoms with Crippen molar-refractivity contribution in [2.45, 2.75) is 12.7 Å². The molecule has 0 unspecified atom stereocenters. The van der Waals surface area contributed by atoms with Crippen molar-refractivity contribution in [3.8, 4) is 16.2 Å². The minimum Gasteiger partial charge on any atom is -0.479 e. The fourth-order valence-electron chi connectivity index (χ4n) is 2.82. The molecule has 0 atom stereocenters. The van der Waals surface area contributed by atoms with Crippen molar-refractivity contribution in [3.63, 3.8) is 0 Å². The average molecular weight is 530 g/mol. The monoisotopic (exact) mass is 529 g/mol. The minimum absolute atomic E-state index is 0.0813. The van der Waals surface area contributed by atoms with Crippen LogP contribution in [0.25, 0.3) is 10.4 Å². The van der Waals surface area contributed by atoms with Crippen LogP contribution in [0.1, 0.15) is 20.8 Å². The van der Waals surface area contributed by atoms with Gasteiger partial charge in [-0.15, -0.1) is 11.3 Å². The van der Waals surface area contributed by atoms with Gasteiger partial charge in [0, 0.05) is 12.2 Å². The second-order valence-electron chi connectivity index (χ2n) is 6.52. The molecule has 0 aliphatic carbocycles. The van der Waals surface area contributed by atoms with Gasteiger partial charge in [0.05, 0.1) is 14.9 Å². The van der Waals surface area contributed by atoms with Gasteiger partial charge in [0.15, 0.2) is 17.2 Å². The zero-order valence-corrected chi connectivity index (χ0v) is 18.5. The van der Waals surface area contributed by atoms with Gasteiger partial charge in [-0.1, -0.05) is 24.3 Å². The molecule has 0 radical (unpaired) electrons. The Hall–Kier alpha value is -3.05. The first-order chi connectivity index (χ1) is 15.1. The number of rotatable bonds is 8. The van der Waals surface area contributed by atoms with Crippen molar-refractivity contribution in [2.75, 3.05) is 11.9 Å². The summed E-state index contributed by atoms with van der Waals surface area (Å²) in [6.07, 6.45) is -4.43. The van der Waals surface area contributed by atoms with Crippen LogP contribution in [-0.4, -0.2) is 28.8 Å². The Labute approximate surface area is 192 Å². The highest BCUT2D eigenvalue weighted by Crippen LogP contribution is 2.46. The molecule has 32 heavy (non-hydrogen) atoms. The zero-order valence-electron chi connectivity index (χ0n) is 16.1. The fraction of sp³-hybridized carbons (Fsp3) is 0.143. The lowest BCUT2D eigenvalue weighted by Gasteiger charge is -2.11. The molecule has 11 heteroatoms. The first-order valence-corrected chi connectivity index (χ1v) is 10.6. The molecular weight excluding hydrogens is 515 g/mol. The number of aliphatic carboxylic acids is 1. The molecule has 0 amide bonds. The Morgan fingerprint density at radius 2 is 1.81 bits per heavy atom. The van der Waals surface area contributed by atoms with Crippen LogP contribution in [0.3, 0.4) is 0 Å². The molecule has 168 valence electrons. The molecule has 0 saturated carbocycles. The van der Waals surface area contributed by atoms with Crippen LogP contribution in [0.2, 0.25) is 0 Å². The number of alkyl halides is 3. The van der Waals surface area contributed by atoms with E-state index in [1.54, 1.807) is 30.3 Å². The third-order valence-electron chi connectivity index (χ3n) is 4.22. The summed E-state index contributed by atoms with van der Waals surface area (Å²) in [5, 5.41) is 21.3. The molecule has 3 rings (SSSR count). The van der Waals surface area contributed by atoms with Crippen molar-refractivity contribution >= 4 is 44.9 Å². The largest absolute Gasteiger partial charge is 0.479 e. The summed E-state index contributed by atoms with van der Waals surface area (Å²) in [7, 11) is 0. The van der Waals surface area contributed by atoms with Crippen LogP contribution in [0.5, 0.6) is 5.75 Å². The Morgan fingerprint density at radius 3 is 2.47 bits per heavy atom. The Balaban J connectivity index is 1.84. The number of anilines is 1. The number of nitrogens with one attached hydrogen (secondary N) is 1. The van der Waals surface area contributed by atoms with E-state index in [1.807, 2.05) is 0 Å². The van der Waals surface area contributed by atoms with Crippen molar-refractivity contribution in [3.05, 3.63) is 69.0 Å². The lowest BCUT2D eigenvalue weighted by molar-refractivity contribution is -0.139. The number of carboxylic acid groups (broad SMARTS) is 2. The third kappa shape index (κ3) is 5.60. The molecule has 0 aliphatic rings. The summed E-state index contributed by atoms with van der Waals surface area (Å²) < 4.78 is 44.1. The predicted octanol–water partition coefficient (Wildman–Crippen LogP) is 5.97. The van der Waals surface area contributed by atoms with Gasteiger partial charge in [0.2, 0.25) is 0 Å². The summed E-state index contributed by atoms with van der Waals surface area (Å²) in [4.78, 5) is 22.7. The second kappa shape index (κ2) is 9.61. The highest BCUT2D eigenvalue weighted by Gasteiger charge is 2.30. The van der Waals surface area contributed by atoms with E-state index in [9.17, 15) is 27.9 Å². The van der Waals surface area contributed by atoms with E-state index in [1.165, 1.54) is 6.07 Å². The van der Waals surface area contributed by atoms with Crippen molar-refractivity contribution in [2.24, 2.45) is 0 Å². The first kappa shape index (κ1) is 23.6. The molecule has 0 aliphatic heterocycles. The van der Waals surface area contributed by atoms with E-state index < -0.39 is 30.3 Å². The zero-order chi connectivity index (χ0) is 23.5. The number of ether oxygens (including phenoxy) is 1. The molecule has 0 fully saturated rings. The first-order valence-electron chi connectivity index (χ1n) is 8.97. The molecule has 3 aromatic rings. The van der Waals surface area contributed by atoms with Gasteiger partial charge in [0.25, 0.3) is 0 Å². The highest BCUT2D eigenvalue weighted by molar-refractivity contribution is 9.10. The van der Waals surface area contributed by atoms with Crippen molar-refractivity contribution in [1.82, 2.24) is 0 Å². The second-order valence-corrected chi connectivity index (χ2v) is 8.34. The van der Waals surface area contributed by atoms with Gasteiger partial charge in [0.1, 0.15) is 0 Å². The molecule has 3 N–H and O–H groups in total. The smallest absolute Gasteiger partial charge is 0.416 e. The molecule has 0 spiro atoms. The van der Waals surface area contributed by atoms with Crippen LogP contribution >= 0.6 is 27.3 Å². The molecule has 1 heterocycles. The van der Waals surface area contributed by atoms with E-state index in [4.69, 9.17) is 9.84 Å². The number of thiophene rings is 1. The Morgan fingerprint density at radius 1 is 1.09 bits per heavy atom. The van der Waals surface area contributed by atoms with E-state index in [-0.39, 0.29) is 17.2 Å². The van der Waals surface area contributed by atoms with Gasteiger partial charge in [-0.2, -0.15) is 13.2 Å². The van der Waals surface area contributed by atoms with Crippen LogP contribution in [-0.2, 0) is 17.5 Å². The number of hydrogen-bond donors (Lipinski definition) is 3. The maximum absolute atomic E-state index is 12.9. The minimum atomic E-state index is -4.43. The molecule has 2 aromatic carbocycles. The van der Waals surface area contributed by atoms with E-state index in [0.717, 1.165) is 23.5 Å². The summed E-state index contributed by atoms with van der Waals surface area (Å²) in [5.74, 6) is -2.59. The maximum Gasteiger partial charge on any atom is 0.416 e. The third-order valence-corrected chi connectivity index (χ3v) is 6.45. The van der Waals surface area contributed by atoms with Crippen LogP contribution in [0.4, 0.5) is 18.9 Å². The number of halogens is 4. The van der Waals surface area contributed by atoms with Gasteiger partial charge < -0.3 is 20.3 Å². The summed E-state index contributed by atoms with van der Waals surface area (Å²) in [6, 6.07) is 11.8. The molecular formula is C21H15BrF3NO5S. The number of carbonyl (C=O) groups is 2. The van der Waals surface area contributed by atoms with E-state index in [0.29, 0.717) is 26.2 Å². The Bertz CT molecular complexity index is 1160. The van der Waals surface area contributed by atoms with Crippen LogP contribution in [0.15, 0.2) is 53.0 Å². The number of hydrogen-bond acceptors (Lipinski definition) is 5. The van der Waals surface area contributed by atoms with Crippen LogP contribution < -0.4 is 10.1 Å². The lowest BCUT2D eigenvalue weighted by atomic mass is 10.1. The van der Waals surface area contributed by atoms with Crippen LogP contribution in [0, 0.1) is 0 Å². The van der Waals surface area contributed by atoms with Gasteiger partial charge in [-0.3, -0.25) is 0 Å². The van der Waals surface area contributed by atoms with E-state index >= 15 is 0 Å². The summed E-state index contributed by atoms with van der Waals surface area (Å²) >= 11 is 4.20. The average Bonchev–Trinajstić information content (AvgIpc) is 3.07. The quantitative estimate of drug-likeness (QED) is 0.332. The normalized spacial score (nSPS) is 11.2. The summed E-state index contributed by atoms with van der Waals surface area (Å²) in [5.41, 5.74) is 0.928. The fourth-order valence-corrected chi connectivity index (χ4v) is 4.71. The topological polar surface area (TPSA) is 95.9 Å². The van der Waals surface area contributed by atoms with Crippen molar-refractivity contribution in [1.29, 1.82) is 0 Å². The van der Waals surface area contributed by atoms with E-state index in [2.05, 4.69) is 21.2 Å². The Kier molecular flexibility index (Phi) is 7.09. The molecule has 1 aromatic heterocycles. The standard InChI is InChI=1S/C21H15BrF3NO5S/c22-16-17(31-10-15(27)28)19(20(29)30)32-18(16)12-4-2-6-14(8-12)26-9-11-3-1-5-13(7-11)21(23,24)25/h1-8,26H,9-10H2,(H,27,28)(H,29,30). The number of carboxylic acids is 2. The maximum atomic E-state index is 12.9. The molecule has 0 saturated heterocycles. The molecule has 0 bridgehead atoms. The van der Waals surface area contributed by atoms with Gasteiger partial charge in [-0.25, -0.2) is 9.59 Å². The lowest BCUT2D eigenvalue weighted by Crippen LogP contribution is -2.11. The van der Waals surface area contributed by atoms with Crippen molar-refractivity contribution < 1.29 is 37.7 Å². The number of aromatic carboxylic acids is 1.